The van der Waals surface area contributed by atoms with E-state index in [9.17, 15) is 23.3 Å². The third-order valence-electron chi connectivity index (χ3n) is 3.44. The second-order valence-electron chi connectivity index (χ2n) is 5.61. The van der Waals surface area contributed by atoms with E-state index >= 15 is 0 Å². The van der Waals surface area contributed by atoms with Gasteiger partial charge in [0, 0.05) is 43.9 Å². The maximum atomic E-state index is 12.6. The Bertz CT molecular complexity index is 939. The van der Waals surface area contributed by atoms with Crippen LogP contribution in [0.2, 0.25) is 0 Å². The molecule has 0 saturated heterocycles. The molecule has 9 heteroatoms. The molecule has 0 aliphatic heterocycles. The Kier molecular flexibility index (Phi) is 5.07. The predicted octanol–water partition coefficient (Wildman–Crippen LogP) is 2.32. The number of rotatable bonds is 5. The lowest BCUT2D eigenvalue weighted by molar-refractivity contribution is -0.384. The normalized spacial score (nSPS) is 11.0. The number of nitro benzene ring substituents is 1. The number of anilines is 2. The highest BCUT2D eigenvalue weighted by Crippen LogP contribution is 2.25. The summed E-state index contributed by atoms with van der Waals surface area (Å²) in [5.74, 6) is -0.571. The number of carbonyl (C=O) groups is 1. The molecule has 0 spiro atoms. The fourth-order valence-corrected chi connectivity index (χ4v) is 2.88. The summed E-state index contributed by atoms with van der Waals surface area (Å²) in [7, 11) is 0.00693. The molecule has 0 aliphatic rings. The summed E-state index contributed by atoms with van der Waals surface area (Å²) in [5, 5.41) is 13.5. The Morgan fingerprint density at radius 1 is 1.16 bits per heavy atom. The molecule has 0 saturated carbocycles. The van der Waals surface area contributed by atoms with Crippen LogP contribution in [0.3, 0.4) is 0 Å². The van der Waals surface area contributed by atoms with Gasteiger partial charge in [0.25, 0.3) is 11.6 Å². The lowest BCUT2D eigenvalue weighted by Crippen LogP contribution is -2.19. The topological polar surface area (TPSA) is 110 Å². The second-order valence-corrected chi connectivity index (χ2v) is 7.62. The molecule has 1 N–H and O–H groups in total. The first-order valence-corrected chi connectivity index (χ1v) is 9.06. The highest BCUT2D eigenvalue weighted by Gasteiger charge is 2.18. The van der Waals surface area contributed by atoms with Gasteiger partial charge in [0.15, 0.2) is 9.84 Å². The average Bonchev–Trinajstić information content (AvgIpc) is 2.53. The van der Waals surface area contributed by atoms with E-state index in [4.69, 9.17) is 0 Å². The van der Waals surface area contributed by atoms with Gasteiger partial charge in [-0.2, -0.15) is 0 Å². The lowest BCUT2D eigenvalue weighted by Gasteiger charge is -2.17. The molecule has 0 radical (unpaired) electrons. The van der Waals surface area contributed by atoms with Crippen LogP contribution in [0.15, 0.2) is 47.4 Å². The molecule has 0 unspecified atom stereocenters. The van der Waals surface area contributed by atoms with Crippen LogP contribution in [0.5, 0.6) is 0 Å². The first kappa shape index (κ1) is 18.4. The van der Waals surface area contributed by atoms with Crippen LogP contribution in [0, 0.1) is 10.1 Å². The third-order valence-corrected chi connectivity index (χ3v) is 4.55. The van der Waals surface area contributed by atoms with E-state index in [0.29, 0.717) is 5.69 Å². The van der Waals surface area contributed by atoms with Crippen molar-refractivity contribution in [3.63, 3.8) is 0 Å². The van der Waals surface area contributed by atoms with Crippen molar-refractivity contribution in [1.82, 2.24) is 0 Å². The van der Waals surface area contributed by atoms with Gasteiger partial charge in [-0.15, -0.1) is 0 Å². The minimum atomic E-state index is -3.41. The van der Waals surface area contributed by atoms with Crippen LogP contribution in [0.25, 0.3) is 0 Å². The number of nitro groups is 1. The van der Waals surface area contributed by atoms with E-state index in [1.54, 1.807) is 25.1 Å². The number of hydrogen-bond donors (Lipinski definition) is 1. The SMILES string of the molecule is CN(C)c1ccc([N+](=O)[O-])cc1C(=O)Nc1cccc(S(C)(=O)=O)c1. The van der Waals surface area contributed by atoms with Gasteiger partial charge >= 0.3 is 0 Å². The number of carbonyl (C=O) groups excluding carboxylic acids is 1. The average molecular weight is 363 g/mol. The molecule has 25 heavy (non-hydrogen) atoms. The molecule has 0 atom stereocenters. The van der Waals surface area contributed by atoms with Crippen molar-refractivity contribution in [3.05, 3.63) is 58.1 Å². The highest BCUT2D eigenvalue weighted by atomic mass is 32.2. The predicted molar refractivity (Wildman–Crippen MR) is 94.9 cm³/mol. The van der Waals surface area contributed by atoms with Gasteiger partial charge in [0.05, 0.1) is 15.4 Å². The van der Waals surface area contributed by atoms with E-state index in [1.165, 1.54) is 36.4 Å². The minimum absolute atomic E-state index is 0.0668. The van der Waals surface area contributed by atoms with E-state index in [0.717, 1.165) is 6.26 Å². The Morgan fingerprint density at radius 3 is 2.40 bits per heavy atom. The van der Waals surface area contributed by atoms with E-state index in [2.05, 4.69) is 5.32 Å². The first-order valence-electron chi connectivity index (χ1n) is 7.17. The molecule has 1 amide bonds. The molecule has 8 nitrogen and oxygen atoms in total. The van der Waals surface area contributed by atoms with Crippen LogP contribution in [-0.4, -0.2) is 39.6 Å². The van der Waals surface area contributed by atoms with Gasteiger partial charge in [-0.3, -0.25) is 14.9 Å². The summed E-state index contributed by atoms with van der Waals surface area (Å²) in [6, 6.07) is 9.79. The zero-order chi connectivity index (χ0) is 18.8. The zero-order valence-electron chi connectivity index (χ0n) is 13.9. The first-order chi connectivity index (χ1) is 11.6. The standard InChI is InChI=1S/C16H17N3O5S/c1-18(2)15-8-7-12(19(21)22)10-14(15)16(20)17-11-5-4-6-13(9-11)25(3,23)24/h4-10H,1-3H3,(H,17,20). The molecule has 0 heterocycles. The monoisotopic (exact) mass is 363 g/mol. The van der Waals surface area contributed by atoms with Gasteiger partial charge in [-0.05, 0) is 24.3 Å². The van der Waals surface area contributed by atoms with Crippen molar-refractivity contribution >= 4 is 32.8 Å². The van der Waals surface area contributed by atoms with Gasteiger partial charge in [0.2, 0.25) is 0 Å². The minimum Gasteiger partial charge on any atom is -0.377 e. The zero-order valence-corrected chi connectivity index (χ0v) is 14.7. The summed E-state index contributed by atoms with van der Waals surface area (Å²) in [6.45, 7) is 0. The number of amides is 1. The molecule has 2 rings (SSSR count). The number of non-ortho nitro benzene ring substituents is 1. The van der Waals surface area contributed by atoms with Crippen LogP contribution in [0.1, 0.15) is 10.4 Å². The van der Waals surface area contributed by atoms with Crippen LogP contribution in [0.4, 0.5) is 17.1 Å². The molecule has 0 aromatic heterocycles. The van der Waals surface area contributed by atoms with E-state index in [-0.39, 0.29) is 21.8 Å². The molecular weight excluding hydrogens is 346 g/mol. The molecule has 0 fully saturated rings. The number of hydrogen-bond acceptors (Lipinski definition) is 6. The quantitative estimate of drug-likeness (QED) is 0.645. The molecular formula is C16H17N3O5S. The Hall–Kier alpha value is -2.94. The van der Waals surface area contributed by atoms with E-state index < -0.39 is 20.7 Å². The van der Waals surface area contributed by atoms with Gasteiger partial charge in [0.1, 0.15) is 0 Å². The van der Waals surface area contributed by atoms with Crippen molar-refractivity contribution < 1.29 is 18.1 Å². The maximum absolute atomic E-state index is 12.6. The summed E-state index contributed by atoms with van der Waals surface area (Å²) in [4.78, 5) is 24.7. The van der Waals surface area contributed by atoms with Gasteiger partial charge < -0.3 is 10.2 Å². The summed E-state index contributed by atoms with van der Waals surface area (Å²) >= 11 is 0. The van der Waals surface area contributed by atoms with Crippen LogP contribution < -0.4 is 10.2 Å². The molecule has 2 aromatic rings. The lowest BCUT2D eigenvalue weighted by atomic mass is 10.1. The van der Waals surface area contributed by atoms with Crippen LogP contribution in [-0.2, 0) is 9.84 Å². The molecule has 2 aromatic carbocycles. The fraction of sp³-hybridized carbons (Fsp3) is 0.188. The van der Waals surface area contributed by atoms with Crippen molar-refractivity contribution in [1.29, 1.82) is 0 Å². The Balaban J connectivity index is 2.41. The smallest absolute Gasteiger partial charge is 0.270 e. The van der Waals surface area contributed by atoms with Crippen LogP contribution >= 0.6 is 0 Å². The Morgan fingerprint density at radius 2 is 1.84 bits per heavy atom. The summed E-state index contributed by atoms with van der Waals surface area (Å²) in [5.41, 5.74) is 0.691. The number of nitrogens with zero attached hydrogens (tertiary/aromatic N) is 2. The number of sulfone groups is 1. The number of nitrogens with one attached hydrogen (secondary N) is 1. The third kappa shape index (κ3) is 4.32. The van der Waals surface area contributed by atoms with Gasteiger partial charge in [-0.1, -0.05) is 6.07 Å². The largest absolute Gasteiger partial charge is 0.377 e. The second kappa shape index (κ2) is 6.89. The maximum Gasteiger partial charge on any atom is 0.270 e. The highest BCUT2D eigenvalue weighted by molar-refractivity contribution is 7.90. The van der Waals surface area contributed by atoms with Crippen molar-refractivity contribution in [2.45, 2.75) is 4.90 Å². The van der Waals surface area contributed by atoms with Crippen molar-refractivity contribution in [2.75, 3.05) is 30.6 Å². The number of benzene rings is 2. The molecule has 132 valence electrons. The Labute approximate surface area is 145 Å². The molecule has 0 bridgehead atoms. The van der Waals surface area contributed by atoms with Crippen molar-refractivity contribution in [3.8, 4) is 0 Å². The van der Waals surface area contributed by atoms with Gasteiger partial charge in [-0.25, -0.2) is 8.42 Å². The molecule has 0 aliphatic carbocycles. The summed E-state index contributed by atoms with van der Waals surface area (Å²) in [6.07, 6.45) is 1.07. The van der Waals surface area contributed by atoms with E-state index in [1.807, 2.05) is 0 Å². The summed E-state index contributed by atoms with van der Waals surface area (Å²) < 4.78 is 23.2. The fourth-order valence-electron chi connectivity index (χ4n) is 2.21. The van der Waals surface area contributed by atoms with Crippen molar-refractivity contribution in [2.24, 2.45) is 0 Å².